The molecule has 0 fully saturated rings. The smallest absolute Gasteiger partial charge is 1.00 e. The maximum absolute atomic E-state index is 14.1. The number of carbonyl (C=O) groups is 1. The summed E-state index contributed by atoms with van der Waals surface area (Å²) >= 11 is 6.02. The van der Waals surface area contributed by atoms with E-state index < -0.39 is 29.6 Å². The van der Waals surface area contributed by atoms with Crippen molar-refractivity contribution in [2.45, 2.75) is 18.8 Å². The molecule has 144 valence electrons. The van der Waals surface area contributed by atoms with Gasteiger partial charge in [-0.05, 0) is 29.8 Å². The van der Waals surface area contributed by atoms with Gasteiger partial charge in [0.15, 0.2) is 0 Å². The first kappa shape index (κ1) is 22.7. The van der Waals surface area contributed by atoms with E-state index in [9.17, 15) is 22.4 Å². The number of aliphatic carboxylic acids is 1. The van der Waals surface area contributed by atoms with Gasteiger partial charge in [-0.25, -0.2) is 9.18 Å². The molecule has 0 amide bonds. The number of rotatable bonds is 3. The van der Waals surface area contributed by atoms with Crippen molar-refractivity contribution in [1.82, 2.24) is 0 Å². The van der Waals surface area contributed by atoms with Crippen molar-refractivity contribution in [1.29, 1.82) is 0 Å². The van der Waals surface area contributed by atoms with Gasteiger partial charge in [0.2, 0.25) is 6.10 Å². The van der Waals surface area contributed by atoms with Crippen molar-refractivity contribution < 1.29 is 63.2 Å². The normalized spacial score (nSPS) is 15.8. The van der Waals surface area contributed by atoms with Gasteiger partial charge in [-0.15, -0.1) is 0 Å². The zero-order chi connectivity index (χ0) is 19.9. The first-order valence-electron chi connectivity index (χ1n) is 7.62. The molecular formula is C18H13ClF4NNaO3. The van der Waals surface area contributed by atoms with E-state index >= 15 is 0 Å². The van der Waals surface area contributed by atoms with Gasteiger partial charge >= 0.3 is 41.7 Å². The Morgan fingerprint density at radius 3 is 2.50 bits per heavy atom. The minimum absolute atomic E-state index is 0. The largest absolute Gasteiger partial charge is 1.00 e. The van der Waals surface area contributed by atoms with E-state index in [4.69, 9.17) is 27.2 Å². The summed E-state index contributed by atoms with van der Waals surface area (Å²) in [7, 11) is 0. The Bertz CT molecular complexity index is 969. The summed E-state index contributed by atoms with van der Waals surface area (Å²) in [4.78, 5) is 11.2. The van der Waals surface area contributed by atoms with Gasteiger partial charge in [-0.3, -0.25) is 0 Å². The SMILES string of the molecule is NCc1ccc(-c2cc(Cl)cc3c2OC(C(F)(F)F)C(C(=O)O)=C3)cc1F.[H-].[Na+]. The Hall–Kier alpha value is -1.58. The maximum Gasteiger partial charge on any atom is 1.00 e. The molecule has 1 unspecified atom stereocenters. The third-order valence-corrected chi connectivity index (χ3v) is 4.26. The summed E-state index contributed by atoms with van der Waals surface area (Å²) in [6.07, 6.45) is -6.75. The van der Waals surface area contributed by atoms with E-state index in [2.05, 4.69) is 0 Å². The fraction of sp³-hybridized carbons (Fsp3) is 0.167. The number of alkyl halides is 3. The number of ether oxygens (including phenoxy) is 1. The Balaban J connectivity index is 0.00000210. The van der Waals surface area contributed by atoms with Crippen LogP contribution < -0.4 is 40.0 Å². The molecular weight excluding hydrogens is 413 g/mol. The first-order valence-corrected chi connectivity index (χ1v) is 8.00. The molecule has 1 atom stereocenters. The molecule has 0 saturated heterocycles. The van der Waals surface area contributed by atoms with Gasteiger partial charge in [0.05, 0.1) is 5.57 Å². The average Bonchev–Trinajstić information content (AvgIpc) is 2.58. The summed E-state index contributed by atoms with van der Waals surface area (Å²) in [6, 6.07) is 6.58. The van der Waals surface area contributed by atoms with Crippen LogP contribution in [0.5, 0.6) is 5.75 Å². The standard InChI is InChI=1S/C18H12ClF4NO3.Na.H/c19-11-3-10-4-13(17(25)26)16(18(21,22)23)27-15(10)12(6-11)8-1-2-9(7-24)14(20)5-8;;/h1-6,16H,7,24H2,(H,25,26);;/q;+1;-1. The Morgan fingerprint density at radius 1 is 1.29 bits per heavy atom. The van der Waals surface area contributed by atoms with E-state index in [1.54, 1.807) is 0 Å². The van der Waals surface area contributed by atoms with E-state index in [-0.39, 0.29) is 70.6 Å². The maximum atomic E-state index is 14.1. The van der Waals surface area contributed by atoms with Crippen molar-refractivity contribution in [2.75, 3.05) is 0 Å². The summed E-state index contributed by atoms with van der Waals surface area (Å²) in [6.45, 7) is -0.0445. The van der Waals surface area contributed by atoms with Crippen LogP contribution in [-0.2, 0) is 11.3 Å². The number of carboxylic acids is 1. The molecule has 1 heterocycles. The number of carboxylic acid groups (broad SMARTS) is 1. The van der Waals surface area contributed by atoms with Gasteiger partial charge in [0.25, 0.3) is 0 Å². The quantitative estimate of drug-likeness (QED) is 0.578. The summed E-state index contributed by atoms with van der Waals surface area (Å²) in [5, 5.41) is 9.23. The molecule has 3 rings (SSSR count). The summed E-state index contributed by atoms with van der Waals surface area (Å²) in [5.74, 6) is -2.62. The van der Waals surface area contributed by atoms with E-state index in [0.717, 1.165) is 12.1 Å². The average molecular weight is 426 g/mol. The van der Waals surface area contributed by atoms with Crippen LogP contribution in [-0.4, -0.2) is 23.4 Å². The molecule has 3 N–H and O–H groups in total. The molecule has 0 spiro atoms. The predicted molar refractivity (Wildman–Crippen MR) is 91.9 cm³/mol. The molecule has 10 heteroatoms. The molecule has 0 aromatic heterocycles. The second kappa shape index (κ2) is 8.42. The molecule has 0 radical (unpaired) electrons. The molecule has 2 aromatic carbocycles. The van der Waals surface area contributed by atoms with Crippen molar-refractivity contribution in [2.24, 2.45) is 5.73 Å². The zero-order valence-electron chi connectivity index (χ0n) is 15.5. The number of hydrogen-bond acceptors (Lipinski definition) is 3. The van der Waals surface area contributed by atoms with Crippen LogP contribution in [0.25, 0.3) is 17.2 Å². The number of hydrogen-bond donors (Lipinski definition) is 2. The van der Waals surface area contributed by atoms with E-state index in [0.29, 0.717) is 0 Å². The summed E-state index contributed by atoms with van der Waals surface area (Å²) < 4.78 is 59.0. The molecule has 0 aliphatic carbocycles. The van der Waals surface area contributed by atoms with Gasteiger partial charge in [0, 0.05) is 28.3 Å². The number of benzene rings is 2. The molecule has 2 aromatic rings. The van der Waals surface area contributed by atoms with Crippen LogP contribution >= 0.6 is 11.6 Å². The van der Waals surface area contributed by atoms with Crippen molar-refractivity contribution in [3.8, 4) is 16.9 Å². The Labute approximate surface area is 185 Å². The predicted octanol–water partition coefficient (Wildman–Crippen LogP) is 1.51. The fourth-order valence-electron chi connectivity index (χ4n) is 2.79. The summed E-state index contributed by atoms with van der Waals surface area (Å²) in [5.41, 5.74) is 5.06. The number of fused-ring (bicyclic) bond motifs is 1. The van der Waals surface area contributed by atoms with Gasteiger partial charge in [-0.2, -0.15) is 13.2 Å². The minimum atomic E-state index is -4.95. The van der Waals surface area contributed by atoms with Crippen LogP contribution in [0.4, 0.5) is 17.6 Å². The van der Waals surface area contributed by atoms with Crippen molar-refractivity contribution in [3.05, 3.63) is 57.9 Å². The van der Waals surface area contributed by atoms with E-state index in [1.165, 1.54) is 24.3 Å². The molecule has 28 heavy (non-hydrogen) atoms. The topological polar surface area (TPSA) is 72.5 Å². The second-order valence-electron chi connectivity index (χ2n) is 5.83. The third kappa shape index (κ3) is 4.36. The molecule has 1 aliphatic rings. The molecule has 1 aliphatic heterocycles. The molecule has 0 bridgehead atoms. The minimum Gasteiger partial charge on any atom is -1.00 e. The second-order valence-corrected chi connectivity index (χ2v) is 6.26. The molecule has 0 saturated carbocycles. The van der Waals surface area contributed by atoms with Gasteiger partial charge in [0.1, 0.15) is 11.6 Å². The Kier molecular flexibility index (Phi) is 6.83. The fourth-order valence-corrected chi connectivity index (χ4v) is 3.02. The third-order valence-electron chi connectivity index (χ3n) is 4.04. The molecule has 4 nitrogen and oxygen atoms in total. The van der Waals surface area contributed by atoms with Crippen LogP contribution in [0.2, 0.25) is 5.02 Å². The van der Waals surface area contributed by atoms with Crippen LogP contribution in [0.15, 0.2) is 35.9 Å². The van der Waals surface area contributed by atoms with E-state index in [1.807, 2.05) is 0 Å². The van der Waals surface area contributed by atoms with Crippen molar-refractivity contribution in [3.63, 3.8) is 0 Å². The van der Waals surface area contributed by atoms with Crippen LogP contribution in [0, 0.1) is 5.82 Å². The van der Waals surface area contributed by atoms with Gasteiger partial charge < -0.3 is 17.0 Å². The zero-order valence-corrected chi connectivity index (χ0v) is 17.2. The van der Waals surface area contributed by atoms with Gasteiger partial charge in [-0.1, -0.05) is 23.7 Å². The monoisotopic (exact) mass is 425 g/mol. The first-order chi connectivity index (χ1) is 12.6. The van der Waals surface area contributed by atoms with Crippen LogP contribution in [0.3, 0.4) is 0 Å². The Morgan fingerprint density at radius 2 is 1.96 bits per heavy atom. The van der Waals surface area contributed by atoms with Crippen molar-refractivity contribution >= 4 is 23.6 Å². The van der Waals surface area contributed by atoms with Crippen LogP contribution in [0.1, 0.15) is 12.6 Å². The number of halogens is 5. The number of nitrogens with two attached hydrogens (primary N) is 1.